The average Bonchev–Trinajstić information content (AvgIpc) is 2.96. The van der Waals surface area contributed by atoms with Crippen LogP contribution in [0.15, 0.2) is 6.20 Å². The van der Waals surface area contributed by atoms with Crippen LogP contribution in [0.25, 0.3) is 0 Å². The molecule has 0 radical (unpaired) electrons. The van der Waals surface area contributed by atoms with Crippen molar-refractivity contribution < 1.29 is 4.79 Å². The van der Waals surface area contributed by atoms with Gasteiger partial charge in [-0.15, -0.1) is 0 Å². The van der Waals surface area contributed by atoms with E-state index in [4.69, 9.17) is 0 Å². The molecule has 6 nitrogen and oxygen atoms in total. The Hall–Kier alpha value is -1.43. The van der Waals surface area contributed by atoms with E-state index >= 15 is 0 Å². The fraction of sp³-hybridized carbons (Fsp3) is 0.727. The van der Waals surface area contributed by atoms with Gasteiger partial charge in [-0.2, -0.15) is 15.4 Å². The molecule has 2 fully saturated rings. The van der Waals surface area contributed by atoms with Crippen molar-refractivity contribution in [2.75, 3.05) is 26.2 Å². The Morgan fingerprint density at radius 1 is 1.35 bits per heavy atom. The quantitative estimate of drug-likeness (QED) is 0.750. The van der Waals surface area contributed by atoms with Crippen LogP contribution < -0.4 is 0 Å². The van der Waals surface area contributed by atoms with Gasteiger partial charge in [-0.3, -0.25) is 9.69 Å². The van der Waals surface area contributed by atoms with E-state index in [0.29, 0.717) is 11.7 Å². The third-order valence-corrected chi connectivity index (χ3v) is 3.72. The molecule has 6 heteroatoms. The molecule has 17 heavy (non-hydrogen) atoms. The highest BCUT2D eigenvalue weighted by molar-refractivity contribution is 5.91. The van der Waals surface area contributed by atoms with E-state index in [9.17, 15) is 4.79 Å². The minimum absolute atomic E-state index is 0.00694. The summed E-state index contributed by atoms with van der Waals surface area (Å²) in [4.78, 5) is 16.6. The van der Waals surface area contributed by atoms with Crippen molar-refractivity contribution in [2.24, 2.45) is 0 Å². The maximum Gasteiger partial charge on any atom is 0.276 e. The summed E-state index contributed by atoms with van der Waals surface area (Å²) in [6.07, 6.45) is 5.03. The zero-order valence-electron chi connectivity index (χ0n) is 9.80. The van der Waals surface area contributed by atoms with E-state index in [1.165, 1.54) is 25.6 Å². The lowest BCUT2D eigenvalue weighted by atomic mass is 10.2. The highest BCUT2D eigenvalue weighted by Crippen LogP contribution is 2.21. The summed E-state index contributed by atoms with van der Waals surface area (Å²) in [6, 6.07) is 0.549. The van der Waals surface area contributed by atoms with Gasteiger partial charge in [-0.05, 0) is 25.8 Å². The molecule has 3 heterocycles. The second kappa shape index (κ2) is 4.44. The molecule has 0 aliphatic carbocycles. The Morgan fingerprint density at radius 2 is 2.24 bits per heavy atom. The molecule has 1 N–H and O–H groups in total. The summed E-state index contributed by atoms with van der Waals surface area (Å²) in [7, 11) is 0. The van der Waals surface area contributed by atoms with E-state index < -0.39 is 0 Å². The number of fused-ring (bicyclic) bond motifs is 1. The van der Waals surface area contributed by atoms with Gasteiger partial charge in [0.15, 0.2) is 5.69 Å². The van der Waals surface area contributed by atoms with Crippen LogP contribution in [0.4, 0.5) is 0 Å². The van der Waals surface area contributed by atoms with Crippen LogP contribution in [0.3, 0.4) is 0 Å². The van der Waals surface area contributed by atoms with Crippen molar-refractivity contribution >= 4 is 5.91 Å². The molecule has 1 atom stereocenters. The lowest BCUT2D eigenvalue weighted by Gasteiger charge is -2.24. The number of hydrogen-bond donors (Lipinski definition) is 1. The molecule has 2 aliphatic rings. The third kappa shape index (κ3) is 2.04. The highest BCUT2D eigenvalue weighted by Gasteiger charge is 2.31. The first kappa shape index (κ1) is 10.7. The molecule has 1 aromatic heterocycles. The van der Waals surface area contributed by atoms with Crippen molar-refractivity contribution in [3.8, 4) is 0 Å². The number of H-pyrrole nitrogens is 1. The molecular formula is C11H17N5O. The van der Waals surface area contributed by atoms with Gasteiger partial charge in [-0.1, -0.05) is 0 Å². The van der Waals surface area contributed by atoms with Crippen LogP contribution in [0.1, 0.15) is 29.8 Å². The summed E-state index contributed by atoms with van der Waals surface area (Å²) in [5, 5.41) is 10.1. The number of carbonyl (C=O) groups is 1. The molecule has 1 aromatic rings. The maximum atomic E-state index is 12.2. The standard InChI is InChI=1S/C11H17N5O/c17-11(10-7-12-14-13-10)16-6-2-5-15-4-1-3-9(15)8-16/h7,9H,1-6,8H2,(H,12,13,14). The van der Waals surface area contributed by atoms with Gasteiger partial charge >= 0.3 is 0 Å². The summed E-state index contributed by atoms with van der Waals surface area (Å²) < 4.78 is 0. The molecule has 0 bridgehead atoms. The monoisotopic (exact) mass is 235 g/mol. The molecule has 92 valence electrons. The summed E-state index contributed by atoms with van der Waals surface area (Å²) in [5.41, 5.74) is 0.427. The largest absolute Gasteiger partial charge is 0.336 e. The number of hydrogen-bond acceptors (Lipinski definition) is 4. The van der Waals surface area contributed by atoms with Crippen LogP contribution >= 0.6 is 0 Å². The summed E-state index contributed by atoms with van der Waals surface area (Å²) >= 11 is 0. The van der Waals surface area contributed by atoms with Crippen LogP contribution in [-0.2, 0) is 0 Å². The minimum Gasteiger partial charge on any atom is -0.336 e. The maximum absolute atomic E-state index is 12.2. The lowest BCUT2D eigenvalue weighted by Crippen LogP contribution is -2.39. The van der Waals surface area contributed by atoms with Crippen molar-refractivity contribution in [2.45, 2.75) is 25.3 Å². The predicted molar refractivity (Wildman–Crippen MR) is 61.5 cm³/mol. The number of rotatable bonds is 1. The van der Waals surface area contributed by atoms with Gasteiger partial charge in [0.25, 0.3) is 5.91 Å². The first-order chi connectivity index (χ1) is 8.34. The smallest absolute Gasteiger partial charge is 0.276 e. The summed E-state index contributed by atoms with van der Waals surface area (Å²) in [6.45, 7) is 3.98. The molecule has 0 aromatic carbocycles. The molecule has 0 spiro atoms. The van der Waals surface area contributed by atoms with Gasteiger partial charge in [0.1, 0.15) is 0 Å². The van der Waals surface area contributed by atoms with Gasteiger partial charge in [-0.25, -0.2) is 0 Å². The zero-order chi connectivity index (χ0) is 11.7. The van der Waals surface area contributed by atoms with Crippen molar-refractivity contribution in [1.82, 2.24) is 25.2 Å². The second-order valence-electron chi connectivity index (χ2n) is 4.79. The molecule has 2 saturated heterocycles. The molecule has 2 aliphatic heterocycles. The van der Waals surface area contributed by atoms with Gasteiger partial charge in [0, 0.05) is 25.7 Å². The Labute approximate surface area is 100.0 Å². The van der Waals surface area contributed by atoms with E-state index in [1.54, 1.807) is 0 Å². The Kier molecular flexibility index (Phi) is 2.80. The number of aromatic nitrogens is 3. The van der Waals surface area contributed by atoms with Crippen molar-refractivity contribution in [3.05, 3.63) is 11.9 Å². The third-order valence-electron chi connectivity index (χ3n) is 3.72. The Balaban J connectivity index is 1.72. The zero-order valence-corrected chi connectivity index (χ0v) is 9.80. The van der Waals surface area contributed by atoms with Crippen LogP contribution in [0.2, 0.25) is 0 Å². The fourth-order valence-electron chi connectivity index (χ4n) is 2.86. The van der Waals surface area contributed by atoms with Crippen molar-refractivity contribution in [3.63, 3.8) is 0 Å². The summed E-state index contributed by atoms with van der Waals surface area (Å²) in [5.74, 6) is 0.00694. The molecular weight excluding hydrogens is 218 g/mol. The molecule has 1 unspecified atom stereocenters. The SMILES string of the molecule is O=C(c1cn[nH]n1)N1CCCN2CCCC2C1. The predicted octanol–water partition coefficient (Wildman–Crippen LogP) is 0.115. The number of amides is 1. The number of carbonyl (C=O) groups excluding carboxylic acids is 1. The van der Waals surface area contributed by atoms with E-state index in [-0.39, 0.29) is 5.91 Å². The van der Waals surface area contributed by atoms with Gasteiger partial charge < -0.3 is 4.90 Å². The van der Waals surface area contributed by atoms with E-state index in [2.05, 4.69) is 20.3 Å². The number of nitrogens with one attached hydrogen (secondary N) is 1. The minimum atomic E-state index is 0.00694. The number of nitrogens with zero attached hydrogens (tertiary/aromatic N) is 4. The number of aromatic amines is 1. The Morgan fingerprint density at radius 3 is 3.06 bits per heavy atom. The fourth-order valence-corrected chi connectivity index (χ4v) is 2.86. The molecule has 1 amide bonds. The first-order valence-electron chi connectivity index (χ1n) is 6.24. The van der Waals surface area contributed by atoms with Gasteiger partial charge in [0.05, 0.1) is 6.20 Å². The van der Waals surface area contributed by atoms with E-state index in [0.717, 1.165) is 26.1 Å². The van der Waals surface area contributed by atoms with Crippen LogP contribution in [-0.4, -0.2) is 63.3 Å². The highest BCUT2D eigenvalue weighted by atomic mass is 16.2. The lowest BCUT2D eigenvalue weighted by molar-refractivity contribution is 0.0737. The second-order valence-corrected chi connectivity index (χ2v) is 4.79. The van der Waals surface area contributed by atoms with Crippen LogP contribution in [0, 0.1) is 0 Å². The average molecular weight is 235 g/mol. The molecule has 3 rings (SSSR count). The van der Waals surface area contributed by atoms with Crippen LogP contribution in [0.5, 0.6) is 0 Å². The molecule has 0 saturated carbocycles. The van der Waals surface area contributed by atoms with E-state index in [1.807, 2.05) is 4.90 Å². The Bertz CT molecular complexity index is 391. The van der Waals surface area contributed by atoms with Gasteiger partial charge in [0.2, 0.25) is 0 Å². The first-order valence-corrected chi connectivity index (χ1v) is 6.24. The topological polar surface area (TPSA) is 65.1 Å². The van der Waals surface area contributed by atoms with Crippen molar-refractivity contribution in [1.29, 1.82) is 0 Å². The normalized spacial score (nSPS) is 25.6.